The molecule has 1 aromatic rings. The summed E-state index contributed by atoms with van der Waals surface area (Å²) in [5, 5.41) is 2.79. The summed E-state index contributed by atoms with van der Waals surface area (Å²) in [4.78, 5) is 28.1. The number of anilines is 1. The van der Waals surface area contributed by atoms with Gasteiger partial charge in [-0.3, -0.25) is 4.79 Å². The third kappa shape index (κ3) is 3.82. The maximum atomic E-state index is 12.9. The fraction of sp³-hybridized carbons (Fsp3) is 0.529. The first kappa shape index (κ1) is 17.3. The largest absolute Gasteiger partial charge is 0.338 e. The van der Waals surface area contributed by atoms with Crippen molar-refractivity contribution in [2.45, 2.75) is 20.3 Å². The van der Waals surface area contributed by atoms with Gasteiger partial charge in [0.2, 0.25) is 0 Å². The van der Waals surface area contributed by atoms with E-state index in [1.165, 1.54) is 4.90 Å². The molecular formula is C17H26N4O2. The number of benzene rings is 1. The number of aryl methyl sites for hydroxylation is 1. The van der Waals surface area contributed by atoms with Crippen LogP contribution < -0.4 is 11.1 Å². The molecule has 6 nitrogen and oxygen atoms in total. The number of nitrogens with two attached hydrogens (primary N) is 1. The van der Waals surface area contributed by atoms with Crippen LogP contribution in [0.15, 0.2) is 18.2 Å². The highest BCUT2D eigenvalue weighted by molar-refractivity contribution is 6.03. The lowest BCUT2D eigenvalue weighted by atomic mass is 9.90. The van der Waals surface area contributed by atoms with Crippen molar-refractivity contribution in [3.05, 3.63) is 29.3 Å². The van der Waals surface area contributed by atoms with Gasteiger partial charge in [0.25, 0.3) is 5.91 Å². The van der Waals surface area contributed by atoms with E-state index >= 15 is 0 Å². The standard InChI is InChI=1S/C17H26N4O2/c1-12-5-6-14(19-16(23)20(3)4)13(9-12)15(22)21-8-7-17(2,10-18)11-21/h5-6,9H,7-8,10-11,18H2,1-4H3,(H,19,23). The van der Waals surface area contributed by atoms with Crippen molar-refractivity contribution < 1.29 is 9.59 Å². The van der Waals surface area contributed by atoms with Gasteiger partial charge in [-0.25, -0.2) is 4.79 Å². The van der Waals surface area contributed by atoms with Crippen molar-refractivity contribution in [3.8, 4) is 0 Å². The number of hydrogen-bond donors (Lipinski definition) is 2. The molecule has 1 unspecified atom stereocenters. The van der Waals surface area contributed by atoms with Crippen molar-refractivity contribution in [3.63, 3.8) is 0 Å². The van der Waals surface area contributed by atoms with E-state index in [0.29, 0.717) is 30.9 Å². The molecule has 1 aromatic carbocycles. The summed E-state index contributed by atoms with van der Waals surface area (Å²) in [6.45, 7) is 5.95. The average Bonchev–Trinajstić information content (AvgIpc) is 2.91. The molecular weight excluding hydrogens is 292 g/mol. The molecule has 0 radical (unpaired) electrons. The lowest BCUT2D eigenvalue weighted by Crippen LogP contribution is -2.35. The Hall–Kier alpha value is -2.08. The molecule has 0 saturated carbocycles. The first-order chi connectivity index (χ1) is 10.8. The fourth-order valence-electron chi connectivity index (χ4n) is 2.71. The number of urea groups is 1. The Bertz CT molecular complexity index is 615. The lowest BCUT2D eigenvalue weighted by Gasteiger charge is -2.23. The van der Waals surface area contributed by atoms with Crippen LogP contribution in [-0.2, 0) is 0 Å². The summed E-state index contributed by atoms with van der Waals surface area (Å²) < 4.78 is 0. The summed E-state index contributed by atoms with van der Waals surface area (Å²) >= 11 is 0. The van der Waals surface area contributed by atoms with Crippen molar-refractivity contribution in [2.75, 3.05) is 39.0 Å². The van der Waals surface area contributed by atoms with Crippen molar-refractivity contribution in [2.24, 2.45) is 11.1 Å². The smallest absolute Gasteiger partial charge is 0.321 e. The number of nitrogens with one attached hydrogen (secondary N) is 1. The number of hydrogen-bond acceptors (Lipinski definition) is 3. The molecule has 126 valence electrons. The molecule has 0 aliphatic carbocycles. The summed E-state index contributed by atoms with van der Waals surface area (Å²) in [5.41, 5.74) is 7.86. The number of amides is 3. The normalized spacial score (nSPS) is 20.5. The molecule has 2 rings (SSSR count). The van der Waals surface area contributed by atoms with Gasteiger partial charge in [-0.15, -0.1) is 0 Å². The van der Waals surface area contributed by atoms with Crippen LogP contribution in [0.5, 0.6) is 0 Å². The van der Waals surface area contributed by atoms with Crippen molar-refractivity contribution >= 4 is 17.6 Å². The molecule has 23 heavy (non-hydrogen) atoms. The van der Waals surface area contributed by atoms with Crippen LogP contribution >= 0.6 is 0 Å². The van der Waals surface area contributed by atoms with Gasteiger partial charge >= 0.3 is 6.03 Å². The number of rotatable bonds is 3. The van der Waals surface area contributed by atoms with E-state index in [1.807, 2.05) is 24.0 Å². The van der Waals surface area contributed by atoms with Gasteiger partial charge < -0.3 is 20.9 Å². The Balaban J connectivity index is 2.26. The molecule has 0 bridgehead atoms. The Morgan fingerprint density at radius 1 is 1.39 bits per heavy atom. The Kier molecular flexibility index (Phi) is 4.94. The minimum absolute atomic E-state index is 0.0213. The van der Waals surface area contributed by atoms with Gasteiger partial charge in [-0.05, 0) is 37.4 Å². The topological polar surface area (TPSA) is 78.7 Å². The summed E-state index contributed by atoms with van der Waals surface area (Å²) in [7, 11) is 3.33. The quantitative estimate of drug-likeness (QED) is 0.893. The first-order valence-corrected chi connectivity index (χ1v) is 7.84. The third-order valence-electron chi connectivity index (χ3n) is 4.39. The predicted molar refractivity (Wildman–Crippen MR) is 91.6 cm³/mol. The molecule has 3 N–H and O–H groups in total. The van der Waals surface area contributed by atoms with Gasteiger partial charge in [-0.2, -0.15) is 0 Å². The number of carbonyl (C=O) groups excluding carboxylic acids is 2. The van der Waals surface area contributed by atoms with Gasteiger partial charge in [0.05, 0.1) is 11.3 Å². The molecule has 1 aliphatic rings. The Labute approximate surface area is 137 Å². The maximum absolute atomic E-state index is 12.9. The third-order valence-corrected chi connectivity index (χ3v) is 4.39. The highest BCUT2D eigenvalue weighted by atomic mass is 16.2. The van der Waals surface area contributed by atoms with Crippen LogP contribution in [-0.4, -0.2) is 55.5 Å². The molecule has 1 atom stereocenters. The van der Waals surface area contributed by atoms with E-state index in [1.54, 1.807) is 20.2 Å². The highest BCUT2D eigenvalue weighted by Crippen LogP contribution is 2.31. The molecule has 1 fully saturated rings. The van der Waals surface area contributed by atoms with Gasteiger partial charge in [0.1, 0.15) is 0 Å². The predicted octanol–water partition coefficient (Wildman–Crippen LogP) is 1.90. The second kappa shape index (κ2) is 6.58. The lowest BCUT2D eigenvalue weighted by molar-refractivity contribution is 0.0778. The van der Waals surface area contributed by atoms with E-state index in [-0.39, 0.29) is 17.4 Å². The molecule has 1 heterocycles. The van der Waals surface area contributed by atoms with E-state index in [0.717, 1.165) is 12.0 Å². The monoisotopic (exact) mass is 318 g/mol. The van der Waals surface area contributed by atoms with E-state index in [2.05, 4.69) is 12.2 Å². The molecule has 1 aliphatic heterocycles. The van der Waals surface area contributed by atoms with Crippen LogP contribution in [0.25, 0.3) is 0 Å². The number of carbonyl (C=O) groups is 2. The average molecular weight is 318 g/mol. The summed E-state index contributed by atoms with van der Waals surface area (Å²) in [6.07, 6.45) is 0.903. The van der Waals surface area contributed by atoms with Crippen LogP contribution in [0.1, 0.15) is 29.3 Å². The van der Waals surface area contributed by atoms with Gasteiger partial charge in [0, 0.05) is 27.2 Å². The zero-order valence-electron chi connectivity index (χ0n) is 14.3. The minimum Gasteiger partial charge on any atom is -0.338 e. The van der Waals surface area contributed by atoms with Crippen LogP contribution in [0, 0.1) is 12.3 Å². The zero-order valence-corrected chi connectivity index (χ0v) is 14.3. The Morgan fingerprint density at radius 2 is 2.09 bits per heavy atom. The van der Waals surface area contributed by atoms with E-state index < -0.39 is 0 Å². The van der Waals surface area contributed by atoms with Crippen molar-refractivity contribution in [1.29, 1.82) is 0 Å². The second-order valence-corrected chi connectivity index (χ2v) is 6.87. The number of nitrogens with zero attached hydrogens (tertiary/aromatic N) is 2. The minimum atomic E-state index is -0.254. The molecule has 0 aromatic heterocycles. The van der Waals surface area contributed by atoms with Crippen LogP contribution in [0.4, 0.5) is 10.5 Å². The molecule has 0 spiro atoms. The second-order valence-electron chi connectivity index (χ2n) is 6.87. The fourth-order valence-corrected chi connectivity index (χ4v) is 2.71. The molecule has 6 heteroatoms. The first-order valence-electron chi connectivity index (χ1n) is 7.84. The Morgan fingerprint density at radius 3 is 2.65 bits per heavy atom. The van der Waals surface area contributed by atoms with Gasteiger partial charge in [-0.1, -0.05) is 18.6 Å². The van der Waals surface area contributed by atoms with Crippen molar-refractivity contribution in [1.82, 2.24) is 9.80 Å². The molecule has 3 amide bonds. The van der Waals surface area contributed by atoms with Crippen LogP contribution in [0.2, 0.25) is 0 Å². The van der Waals surface area contributed by atoms with Gasteiger partial charge in [0.15, 0.2) is 0 Å². The summed E-state index contributed by atoms with van der Waals surface area (Å²) in [5.74, 6) is -0.0556. The molecule has 1 saturated heterocycles. The zero-order chi connectivity index (χ0) is 17.2. The SMILES string of the molecule is Cc1ccc(NC(=O)N(C)C)c(C(=O)N2CCC(C)(CN)C2)c1. The number of likely N-dealkylation sites (tertiary alicyclic amines) is 1. The van der Waals surface area contributed by atoms with Crippen LogP contribution in [0.3, 0.4) is 0 Å². The van der Waals surface area contributed by atoms with E-state index in [9.17, 15) is 9.59 Å². The summed E-state index contributed by atoms with van der Waals surface area (Å²) in [6, 6.07) is 5.24. The maximum Gasteiger partial charge on any atom is 0.321 e. The van der Waals surface area contributed by atoms with E-state index in [4.69, 9.17) is 5.73 Å². The highest BCUT2D eigenvalue weighted by Gasteiger charge is 2.35.